The maximum Gasteiger partial charge on any atom is 0.217 e. The summed E-state index contributed by atoms with van der Waals surface area (Å²) < 4.78 is 31.5. The molecule has 2 N–H and O–H groups in total. The molecule has 0 heterocycles. The predicted octanol–water partition coefficient (Wildman–Crippen LogP) is -1.51. The second-order valence-corrected chi connectivity index (χ2v) is 4.83. The van der Waals surface area contributed by atoms with Crippen molar-refractivity contribution >= 4 is 10.4 Å². The van der Waals surface area contributed by atoms with Gasteiger partial charge in [-0.15, -0.1) is 0 Å². The van der Waals surface area contributed by atoms with E-state index in [4.69, 9.17) is 10.2 Å². The van der Waals surface area contributed by atoms with Crippen LogP contribution in [0.3, 0.4) is 0 Å². The molecular formula is C7H19NO6S. The maximum atomic E-state index is 9.22. The van der Waals surface area contributed by atoms with Crippen molar-refractivity contribution < 1.29 is 31.8 Å². The molecule has 0 aliphatic heterocycles. The Morgan fingerprint density at radius 3 is 1.87 bits per heavy atom. The maximum absolute atomic E-state index is 9.22. The summed E-state index contributed by atoms with van der Waals surface area (Å²) in [6.45, 7) is 2.39. The van der Waals surface area contributed by atoms with Crippen molar-refractivity contribution in [3.05, 3.63) is 0 Å². The molecule has 0 rings (SSSR count). The monoisotopic (exact) mass is 245 g/mol. The summed E-state index contributed by atoms with van der Waals surface area (Å²) >= 11 is 0. The molecule has 0 aliphatic carbocycles. The number of quaternary nitrogens is 1. The van der Waals surface area contributed by atoms with Gasteiger partial charge in [0.1, 0.15) is 12.6 Å². The first-order valence-corrected chi connectivity index (χ1v) is 5.50. The van der Waals surface area contributed by atoms with E-state index in [0.29, 0.717) is 11.0 Å². The van der Waals surface area contributed by atoms with E-state index in [-0.39, 0.29) is 12.8 Å². The van der Waals surface area contributed by atoms with E-state index in [1.165, 1.54) is 0 Å². The molecule has 0 aromatic carbocycles. The lowest BCUT2D eigenvalue weighted by atomic mass is 10.3. The summed E-state index contributed by atoms with van der Waals surface area (Å²) in [6.07, 6.45) is -0.341. The van der Waals surface area contributed by atoms with E-state index in [9.17, 15) is 13.0 Å². The molecule has 1 atom stereocenters. The van der Waals surface area contributed by atoms with E-state index in [0.717, 1.165) is 7.11 Å². The van der Waals surface area contributed by atoms with E-state index in [2.05, 4.69) is 4.18 Å². The zero-order chi connectivity index (χ0) is 12.7. The molecule has 0 aromatic heterocycles. The quantitative estimate of drug-likeness (QED) is 0.270. The van der Waals surface area contributed by atoms with Gasteiger partial charge in [0.25, 0.3) is 0 Å². The highest BCUT2D eigenvalue weighted by atomic mass is 32.3. The van der Waals surface area contributed by atoms with Gasteiger partial charge in [-0.25, -0.2) is 8.42 Å². The molecule has 0 bridgehead atoms. The third-order valence-electron chi connectivity index (χ3n) is 1.35. The van der Waals surface area contributed by atoms with Gasteiger partial charge in [0.15, 0.2) is 6.73 Å². The van der Waals surface area contributed by atoms with Crippen LogP contribution in [-0.2, 0) is 14.6 Å². The first-order chi connectivity index (χ1) is 6.54. The van der Waals surface area contributed by atoms with E-state index < -0.39 is 10.4 Å². The van der Waals surface area contributed by atoms with Gasteiger partial charge in [0.05, 0.1) is 21.2 Å². The number of aliphatic hydroxyl groups is 2. The van der Waals surface area contributed by atoms with Gasteiger partial charge in [-0.05, 0) is 6.92 Å². The fourth-order valence-electron chi connectivity index (χ4n) is 0.773. The van der Waals surface area contributed by atoms with Crippen molar-refractivity contribution in [2.45, 2.75) is 13.0 Å². The largest absolute Gasteiger partial charge is 0.726 e. The van der Waals surface area contributed by atoms with Crippen LogP contribution in [0.1, 0.15) is 6.92 Å². The fourth-order valence-corrected chi connectivity index (χ4v) is 0.773. The number of nitrogens with zero attached hydrogens (tertiary/aromatic N) is 1. The molecular weight excluding hydrogens is 226 g/mol. The molecule has 0 saturated carbocycles. The van der Waals surface area contributed by atoms with Gasteiger partial charge in [-0.1, -0.05) is 0 Å². The molecule has 1 unspecified atom stereocenters. The van der Waals surface area contributed by atoms with Crippen molar-refractivity contribution in [1.82, 2.24) is 0 Å². The Morgan fingerprint density at radius 1 is 1.47 bits per heavy atom. The summed E-state index contributed by atoms with van der Waals surface area (Å²) in [4.78, 5) is 0. The Morgan fingerprint density at radius 2 is 1.80 bits per heavy atom. The molecule has 7 nitrogen and oxygen atoms in total. The van der Waals surface area contributed by atoms with Crippen LogP contribution in [-0.4, -0.2) is 68.3 Å². The van der Waals surface area contributed by atoms with E-state index in [1.807, 2.05) is 14.1 Å². The van der Waals surface area contributed by atoms with E-state index >= 15 is 0 Å². The summed E-state index contributed by atoms with van der Waals surface area (Å²) in [7, 11) is 0.131. The molecule has 15 heavy (non-hydrogen) atoms. The normalized spacial score (nSPS) is 14.1. The Balaban J connectivity index is 0. The molecule has 94 valence electrons. The third-order valence-corrected chi connectivity index (χ3v) is 1.75. The molecule has 0 saturated heterocycles. The van der Waals surface area contributed by atoms with Crippen LogP contribution in [0.25, 0.3) is 0 Å². The lowest BCUT2D eigenvalue weighted by Gasteiger charge is -2.27. The Labute approximate surface area is 90.4 Å². The number of hydrogen-bond donors (Lipinski definition) is 2. The van der Waals surface area contributed by atoms with E-state index in [1.54, 1.807) is 6.92 Å². The van der Waals surface area contributed by atoms with Crippen LogP contribution in [0.5, 0.6) is 0 Å². The van der Waals surface area contributed by atoms with Crippen molar-refractivity contribution in [2.75, 3.05) is 34.5 Å². The van der Waals surface area contributed by atoms with Gasteiger partial charge in [-0.3, -0.25) is 4.18 Å². The smallest absolute Gasteiger partial charge is 0.217 e. The van der Waals surface area contributed by atoms with Crippen LogP contribution in [0.2, 0.25) is 0 Å². The van der Waals surface area contributed by atoms with Crippen molar-refractivity contribution in [3.63, 3.8) is 0 Å². The Kier molecular flexibility index (Phi) is 8.11. The average Bonchev–Trinajstić information content (AvgIpc) is 2.02. The SMILES string of the molecule is CC(O)C[N+](C)(C)CO.COS(=O)(=O)[O-]. The minimum Gasteiger partial charge on any atom is -0.726 e. The second kappa shape index (κ2) is 7.09. The molecule has 0 aliphatic rings. The third kappa shape index (κ3) is 16.4. The average molecular weight is 245 g/mol. The molecule has 0 fully saturated rings. The highest BCUT2D eigenvalue weighted by molar-refractivity contribution is 7.80. The van der Waals surface area contributed by atoms with Gasteiger partial charge in [0, 0.05) is 0 Å². The fraction of sp³-hybridized carbons (Fsp3) is 1.00. The first-order valence-electron chi connectivity index (χ1n) is 4.16. The number of hydrogen-bond acceptors (Lipinski definition) is 6. The van der Waals surface area contributed by atoms with Crippen molar-refractivity contribution in [3.8, 4) is 0 Å². The minimum atomic E-state index is -4.41. The summed E-state index contributed by atoms with van der Waals surface area (Å²) in [5, 5.41) is 17.6. The zero-order valence-corrected chi connectivity index (χ0v) is 10.2. The highest BCUT2D eigenvalue weighted by Crippen LogP contribution is 1.96. The lowest BCUT2D eigenvalue weighted by Crippen LogP contribution is -2.45. The number of rotatable bonds is 4. The van der Waals surface area contributed by atoms with Crippen LogP contribution >= 0.6 is 0 Å². The number of aliphatic hydroxyl groups excluding tert-OH is 2. The second-order valence-electron chi connectivity index (χ2n) is 3.68. The summed E-state index contributed by atoms with van der Waals surface area (Å²) in [6, 6.07) is 0. The lowest BCUT2D eigenvalue weighted by molar-refractivity contribution is -0.911. The van der Waals surface area contributed by atoms with Crippen molar-refractivity contribution in [1.29, 1.82) is 0 Å². The van der Waals surface area contributed by atoms with Gasteiger partial charge < -0.3 is 19.2 Å². The summed E-state index contributed by atoms with van der Waals surface area (Å²) in [5.74, 6) is 0. The van der Waals surface area contributed by atoms with Gasteiger partial charge in [-0.2, -0.15) is 0 Å². The van der Waals surface area contributed by atoms with Crippen LogP contribution in [0.4, 0.5) is 0 Å². The Hall–Kier alpha value is -0.250. The van der Waals surface area contributed by atoms with Crippen LogP contribution in [0.15, 0.2) is 0 Å². The first kappa shape index (κ1) is 17.2. The molecule has 8 heteroatoms. The Bertz CT molecular complexity index is 248. The highest BCUT2D eigenvalue weighted by Gasteiger charge is 2.15. The molecule has 0 spiro atoms. The van der Waals surface area contributed by atoms with Crippen LogP contribution < -0.4 is 0 Å². The van der Waals surface area contributed by atoms with Crippen LogP contribution in [0, 0.1) is 0 Å². The minimum absolute atomic E-state index is 0.0743. The summed E-state index contributed by atoms with van der Waals surface area (Å²) in [5.41, 5.74) is 0. The van der Waals surface area contributed by atoms with Gasteiger partial charge >= 0.3 is 0 Å². The molecule has 0 radical (unpaired) electrons. The molecule has 0 amide bonds. The zero-order valence-electron chi connectivity index (χ0n) is 9.37. The number of likely N-dealkylation sites (N-methyl/N-ethyl adjacent to an activating group) is 1. The standard InChI is InChI=1S/C6H16NO2.CH4O4S/c1-6(9)4-7(2,3)5-8;1-5-6(2,3)4/h6,8-9H,4-5H2,1-3H3;1H3,(H,2,3,4)/q+1;/p-1. The molecule has 0 aromatic rings. The van der Waals surface area contributed by atoms with Gasteiger partial charge in [0.2, 0.25) is 10.4 Å². The van der Waals surface area contributed by atoms with Crippen molar-refractivity contribution in [2.24, 2.45) is 0 Å². The predicted molar refractivity (Wildman–Crippen MR) is 52.4 cm³/mol. The topological polar surface area (TPSA) is 107 Å².